The van der Waals surface area contributed by atoms with Crippen molar-refractivity contribution in [1.82, 2.24) is 20.4 Å². The van der Waals surface area contributed by atoms with Crippen molar-refractivity contribution < 1.29 is 9.32 Å². The number of carbonyl (C=O) groups is 1. The van der Waals surface area contributed by atoms with Crippen molar-refractivity contribution in [3.8, 4) is 11.4 Å². The maximum atomic E-state index is 12.9. The van der Waals surface area contributed by atoms with Gasteiger partial charge in [-0.05, 0) is 49.9 Å². The number of aryl methyl sites for hydroxylation is 3. The Morgan fingerprint density at radius 2 is 2.16 bits per heavy atom. The molecule has 0 bridgehead atoms. The van der Waals surface area contributed by atoms with Crippen LogP contribution in [-0.4, -0.2) is 34.1 Å². The van der Waals surface area contributed by atoms with Gasteiger partial charge < -0.3 is 14.7 Å². The smallest absolute Gasteiger partial charge is 0.226 e. The van der Waals surface area contributed by atoms with Crippen LogP contribution in [0.4, 0.5) is 5.82 Å². The maximum absolute atomic E-state index is 12.9. The van der Waals surface area contributed by atoms with E-state index < -0.39 is 0 Å². The van der Waals surface area contributed by atoms with Gasteiger partial charge in [0.25, 0.3) is 0 Å². The lowest BCUT2D eigenvalue weighted by molar-refractivity contribution is -0.125. The average Bonchev–Trinajstić information content (AvgIpc) is 3.29. The molecule has 1 atom stereocenters. The van der Waals surface area contributed by atoms with Crippen LogP contribution < -0.4 is 10.2 Å². The van der Waals surface area contributed by atoms with Gasteiger partial charge in [-0.3, -0.25) is 4.79 Å². The topological polar surface area (TPSA) is 84.2 Å². The largest absolute Gasteiger partial charge is 0.355 e. The van der Waals surface area contributed by atoms with Crippen LogP contribution >= 0.6 is 0 Å². The molecule has 31 heavy (non-hydrogen) atoms. The van der Waals surface area contributed by atoms with Crippen LogP contribution in [0.1, 0.15) is 42.3 Å². The lowest BCUT2D eigenvalue weighted by atomic mass is 9.96. The fraction of sp³-hybridized carbons (Fsp3) is 0.417. The summed E-state index contributed by atoms with van der Waals surface area (Å²) in [7, 11) is 0. The monoisotopic (exact) mass is 419 g/mol. The molecule has 3 heterocycles. The Hall–Kier alpha value is -3.22. The summed E-state index contributed by atoms with van der Waals surface area (Å²) in [6.07, 6.45) is 4.27. The molecular formula is C24H29N5O2. The highest BCUT2D eigenvalue weighted by atomic mass is 16.5. The van der Waals surface area contributed by atoms with Crippen molar-refractivity contribution in [1.29, 1.82) is 0 Å². The summed E-state index contributed by atoms with van der Waals surface area (Å²) in [5.41, 5.74) is 4.40. The van der Waals surface area contributed by atoms with E-state index in [9.17, 15) is 4.79 Å². The number of nitrogens with zero attached hydrogens (tertiary/aromatic N) is 4. The SMILES string of the molecule is CCc1nc(-c2cccnc2N2CCCC(C(=O)NCc3cc(C)ccc3C)C2)no1. The van der Waals surface area contributed by atoms with Gasteiger partial charge in [-0.2, -0.15) is 4.98 Å². The summed E-state index contributed by atoms with van der Waals surface area (Å²) in [6.45, 7) is 8.16. The zero-order valence-electron chi connectivity index (χ0n) is 18.4. The second kappa shape index (κ2) is 9.29. The highest BCUT2D eigenvalue weighted by Gasteiger charge is 2.28. The average molecular weight is 420 g/mol. The van der Waals surface area contributed by atoms with Crippen LogP contribution in [0.2, 0.25) is 0 Å². The van der Waals surface area contributed by atoms with Crippen LogP contribution in [0.15, 0.2) is 41.1 Å². The second-order valence-corrected chi connectivity index (χ2v) is 8.17. The van der Waals surface area contributed by atoms with Gasteiger partial charge in [0, 0.05) is 32.3 Å². The van der Waals surface area contributed by atoms with Gasteiger partial charge in [0.2, 0.25) is 17.6 Å². The summed E-state index contributed by atoms with van der Waals surface area (Å²) in [5.74, 6) is 1.97. The van der Waals surface area contributed by atoms with Gasteiger partial charge in [0.15, 0.2) is 0 Å². The number of carbonyl (C=O) groups excluding carboxylic acids is 1. The van der Waals surface area contributed by atoms with Crippen molar-refractivity contribution in [3.63, 3.8) is 0 Å². The molecule has 1 aliphatic rings. The minimum atomic E-state index is -0.0785. The third kappa shape index (κ3) is 4.76. The van der Waals surface area contributed by atoms with E-state index in [2.05, 4.69) is 57.4 Å². The zero-order chi connectivity index (χ0) is 21.8. The summed E-state index contributed by atoms with van der Waals surface area (Å²) in [5, 5.41) is 7.25. The Morgan fingerprint density at radius 3 is 2.97 bits per heavy atom. The predicted octanol–water partition coefficient (Wildman–Crippen LogP) is 3.84. The fourth-order valence-corrected chi connectivity index (χ4v) is 4.03. The summed E-state index contributed by atoms with van der Waals surface area (Å²) < 4.78 is 5.29. The quantitative estimate of drug-likeness (QED) is 0.653. The van der Waals surface area contributed by atoms with E-state index in [4.69, 9.17) is 4.52 Å². The molecule has 1 N–H and O–H groups in total. The van der Waals surface area contributed by atoms with Gasteiger partial charge in [0.1, 0.15) is 5.82 Å². The molecule has 3 aromatic rings. The Labute approximate surface area is 182 Å². The Morgan fingerprint density at radius 1 is 1.29 bits per heavy atom. The van der Waals surface area contributed by atoms with Crippen molar-refractivity contribution in [3.05, 3.63) is 59.1 Å². The normalized spacial score (nSPS) is 16.4. The highest BCUT2D eigenvalue weighted by molar-refractivity contribution is 5.80. The Bertz CT molecular complexity index is 1060. The number of hydrogen-bond donors (Lipinski definition) is 1. The highest BCUT2D eigenvalue weighted by Crippen LogP contribution is 2.30. The first-order valence-corrected chi connectivity index (χ1v) is 10.9. The molecule has 162 valence electrons. The van der Waals surface area contributed by atoms with Crippen molar-refractivity contribution >= 4 is 11.7 Å². The van der Waals surface area contributed by atoms with Crippen LogP contribution in [0.3, 0.4) is 0 Å². The molecule has 7 heteroatoms. The van der Waals surface area contributed by atoms with E-state index in [1.54, 1.807) is 6.20 Å². The number of benzene rings is 1. The van der Waals surface area contributed by atoms with Gasteiger partial charge in [-0.15, -0.1) is 0 Å². The molecule has 7 nitrogen and oxygen atoms in total. The Kier molecular flexibility index (Phi) is 6.30. The number of aromatic nitrogens is 3. The van der Waals surface area contributed by atoms with Crippen molar-refractivity contribution in [2.45, 2.75) is 46.6 Å². The van der Waals surface area contributed by atoms with E-state index in [1.165, 1.54) is 11.1 Å². The fourth-order valence-electron chi connectivity index (χ4n) is 4.03. The van der Waals surface area contributed by atoms with E-state index in [0.717, 1.165) is 36.3 Å². The molecule has 0 spiro atoms. The number of rotatable bonds is 6. The van der Waals surface area contributed by atoms with E-state index >= 15 is 0 Å². The number of nitrogens with one attached hydrogen (secondary N) is 1. The molecule has 0 saturated carbocycles. The third-order valence-corrected chi connectivity index (χ3v) is 5.85. The van der Waals surface area contributed by atoms with E-state index in [0.29, 0.717) is 31.2 Å². The molecule has 1 saturated heterocycles. The number of pyridine rings is 1. The van der Waals surface area contributed by atoms with Gasteiger partial charge in [0.05, 0.1) is 11.5 Å². The Balaban J connectivity index is 1.46. The molecule has 0 aliphatic carbocycles. The molecule has 1 aromatic carbocycles. The van der Waals surface area contributed by atoms with Crippen molar-refractivity contribution in [2.75, 3.05) is 18.0 Å². The molecule has 2 aromatic heterocycles. The molecule has 0 radical (unpaired) electrons. The standard InChI is InChI=1S/C24H29N5O2/c1-4-21-27-22(28-31-21)20-8-5-11-25-23(20)29-12-6-7-18(15-29)24(30)26-14-19-13-16(2)9-10-17(19)3/h5,8-11,13,18H,4,6-7,12,14-15H2,1-3H3,(H,26,30). The molecule has 1 unspecified atom stereocenters. The van der Waals surface area contributed by atoms with Crippen LogP contribution in [0, 0.1) is 19.8 Å². The molecular weight excluding hydrogens is 390 g/mol. The van der Waals surface area contributed by atoms with E-state index in [-0.39, 0.29) is 11.8 Å². The first-order chi connectivity index (χ1) is 15.0. The summed E-state index contributed by atoms with van der Waals surface area (Å²) >= 11 is 0. The molecule has 1 amide bonds. The van der Waals surface area contributed by atoms with Crippen LogP contribution in [0.5, 0.6) is 0 Å². The number of amides is 1. The predicted molar refractivity (Wildman–Crippen MR) is 120 cm³/mol. The minimum absolute atomic E-state index is 0.0785. The summed E-state index contributed by atoms with van der Waals surface area (Å²) in [6, 6.07) is 10.2. The van der Waals surface area contributed by atoms with Gasteiger partial charge in [-0.25, -0.2) is 4.98 Å². The minimum Gasteiger partial charge on any atom is -0.355 e. The zero-order valence-corrected chi connectivity index (χ0v) is 18.4. The molecule has 1 fully saturated rings. The molecule has 1 aliphatic heterocycles. The van der Waals surface area contributed by atoms with Crippen LogP contribution in [-0.2, 0) is 17.8 Å². The maximum Gasteiger partial charge on any atom is 0.226 e. The first kappa shape index (κ1) is 21.0. The first-order valence-electron chi connectivity index (χ1n) is 10.9. The lowest BCUT2D eigenvalue weighted by Crippen LogP contribution is -2.43. The van der Waals surface area contributed by atoms with Crippen LogP contribution in [0.25, 0.3) is 11.4 Å². The van der Waals surface area contributed by atoms with Gasteiger partial charge in [-0.1, -0.05) is 35.8 Å². The number of piperidine rings is 1. The number of anilines is 1. The van der Waals surface area contributed by atoms with Gasteiger partial charge >= 0.3 is 0 Å². The number of hydrogen-bond acceptors (Lipinski definition) is 6. The third-order valence-electron chi connectivity index (χ3n) is 5.85. The summed E-state index contributed by atoms with van der Waals surface area (Å²) in [4.78, 5) is 24.2. The van der Waals surface area contributed by atoms with E-state index in [1.807, 2.05) is 19.1 Å². The molecule has 4 rings (SSSR count). The second-order valence-electron chi connectivity index (χ2n) is 8.17. The van der Waals surface area contributed by atoms with Crippen molar-refractivity contribution in [2.24, 2.45) is 5.92 Å². The lowest BCUT2D eigenvalue weighted by Gasteiger charge is -2.33.